The molecule has 1 aliphatic heterocycles. The highest BCUT2D eigenvalue weighted by molar-refractivity contribution is 5.28. The van der Waals surface area contributed by atoms with Crippen molar-refractivity contribution in [3.63, 3.8) is 0 Å². The zero-order chi connectivity index (χ0) is 15.4. The zero-order valence-corrected chi connectivity index (χ0v) is 13.4. The Morgan fingerprint density at radius 3 is 2.55 bits per heavy atom. The zero-order valence-electron chi connectivity index (χ0n) is 13.4. The van der Waals surface area contributed by atoms with E-state index in [0.29, 0.717) is 5.95 Å². The molecule has 118 valence electrons. The number of rotatable bonds is 5. The van der Waals surface area contributed by atoms with Gasteiger partial charge in [0.25, 0.3) is 0 Å². The molecule has 1 fully saturated rings. The fourth-order valence-electron chi connectivity index (χ4n) is 3.11. The number of hydrogen-bond donors (Lipinski definition) is 1. The van der Waals surface area contributed by atoms with Gasteiger partial charge in [-0.3, -0.25) is 4.90 Å². The maximum atomic E-state index is 5.66. The number of nitrogens with one attached hydrogen (secondary N) is 1. The molecule has 1 atom stereocenters. The van der Waals surface area contributed by atoms with Crippen molar-refractivity contribution in [3.8, 4) is 0 Å². The van der Waals surface area contributed by atoms with Gasteiger partial charge in [-0.15, -0.1) is 0 Å². The van der Waals surface area contributed by atoms with Crippen molar-refractivity contribution in [2.75, 3.05) is 25.0 Å². The van der Waals surface area contributed by atoms with Crippen LogP contribution in [0.25, 0.3) is 0 Å². The Morgan fingerprint density at radius 2 is 1.91 bits per heavy atom. The van der Waals surface area contributed by atoms with E-state index in [2.05, 4.69) is 26.3 Å². The summed E-state index contributed by atoms with van der Waals surface area (Å²) in [7, 11) is 0. The summed E-state index contributed by atoms with van der Waals surface area (Å²) in [6.07, 6.45) is 5.60. The van der Waals surface area contributed by atoms with E-state index >= 15 is 0 Å². The molecule has 2 aromatic heterocycles. The minimum Gasteiger partial charge on any atom is -0.468 e. The molecular weight excluding hydrogens is 276 g/mol. The maximum absolute atomic E-state index is 5.66. The van der Waals surface area contributed by atoms with E-state index in [0.717, 1.165) is 36.8 Å². The molecule has 0 bridgehead atoms. The summed E-state index contributed by atoms with van der Waals surface area (Å²) in [5, 5.41) is 3.39. The van der Waals surface area contributed by atoms with E-state index in [1.54, 1.807) is 6.26 Å². The third-order valence-electron chi connectivity index (χ3n) is 4.14. The maximum Gasteiger partial charge on any atom is 0.223 e. The van der Waals surface area contributed by atoms with Gasteiger partial charge in [-0.2, -0.15) is 0 Å². The van der Waals surface area contributed by atoms with Crippen LogP contribution >= 0.6 is 0 Å². The molecule has 3 rings (SSSR count). The highest BCUT2D eigenvalue weighted by Gasteiger charge is 2.24. The summed E-state index contributed by atoms with van der Waals surface area (Å²) in [5.74, 6) is 1.71. The van der Waals surface area contributed by atoms with Crippen LogP contribution in [0.3, 0.4) is 0 Å². The number of aryl methyl sites for hydroxylation is 2. The predicted octanol–water partition coefficient (Wildman–Crippen LogP) is 3.33. The van der Waals surface area contributed by atoms with Crippen LogP contribution in [0.15, 0.2) is 28.9 Å². The lowest BCUT2D eigenvalue weighted by Crippen LogP contribution is -2.37. The molecule has 0 aromatic carbocycles. The Kier molecular flexibility index (Phi) is 4.73. The fraction of sp³-hybridized carbons (Fsp3) is 0.529. The van der Waals surface area contributed by atoms with E-state index in [1.165, 1.54) is 19.3 Å². The first-order chi connectivity index (χ1) is 10.7. The smallest absolute Gasteiger partial charge is 0.223 e. The second-order valence-corrected chi connectivity index (χ2v) is 5.98. The lowest BCUT2D eigenvalue weighted by molar-refractivity contribution is 0.152. The summed E-state index contributed by atoms with van der Waals surface area (Å²) < 4.78 is 5.66. The van der Waals surface area contributed by atoms with E-state index < -0.39 is 0 Å². The molecule has 0 saturated carbocycles. The van der Waals surface area contributed by atoms with Gasteiger partial charge in [-0.1, -0.05) is 6.42 Å². The highest BCUT2D eigenvalue weighted by atomic mass is 16.3. The third-order valence-corrected chi connectivity index (χ3v) is 4.14. The molecule has 0 radical (unpaired) electrons. The summed E-state index contributed by atoms with van der Waals surface area (Å²) >= 11 is 0. The number of aromatic nitrogens is 2. The average molecular weight is 300 g/mol. The molecule has 1 unspecified atom stereocenters. The van der Waals surface area contributed by atoms with E-state index in [9.17, 15) is 0 Å². The Bertz CT molecular complexity index is 570. The minimum absolute atomic E-state index is 0.236. The summed E-state index contributed by atoms with van der Waals surface area (Å²) in [5.41, 5.74) is 1.98. The lowest BCUT2D eigenvalue weighted by atomic mass is 10.1. The summed E-state index contributed by atoms with van der Waals surface area (Å²) in [6.45, 7) is 7.00. The van der Waals surface area contributed by atoms with Crippen LogP contribution in [-0.2, 0) is 0 Å². The number of likely N-dealkylation sites (tertiary alicyclic amines) is 1. The molecule has 1 N–H and O–H groups in total. The molecule has 1 saturated heterocycles. The summed E-state index contributed by atoms with van der Waals surface area (Å²) in [4.78, 5) is 11.4. The molecule has 5 heteroatoms. The lowest BCUT2D eigenvalue weighted by Gasteiger charge is -2.33. The topological polar surface area (TPSA) is 54.2 Å². The van der Waals surface area contributed by atoms with E-state index in [1.807, 2.05) is 26.0 Å². The number of anilines is 1. The normalized spacial score (nSPS) is 17.4. The van der Waals surface area contributed by atoms with Gasteiger partial charge in [0, 0.05) is 17.9 Å². The SMILES string of the molecule is Cc1cc(C)nc(NCC(c2ccco2)N2CCCCC2)n1. The van der Waals surface area contributed by atoms with Gasteiger partial charge in [0.15, 0.2) is 0 Å². The van der Waals surface area contributed by atoms with Gasteiger partial charge in [0.2, 0.25) is 5.95 Å². The Hall–Kier alpha value is -1.88. The van der Waals surface area contributed by atoms with Crippen LogP contribution in [0, 0.1) is 13.8 Å². The van der Waals surface area contributed by atoms with Crippen LogP contribution in [0.1, 0.15) is 42.5 Å². The van der Waals surface area contributed by atoms with Crippen molar-refractivity contribution in [3.05, 3.63) is 41.6 Å². The Balaban J connectivity index is 1.72. The van der Waals surface area contributed by atoms with Gasteiger partial charge >= 0.3 is 0 Å². The minimum atomic E-state index is 0.236. The standard InChI is InChI=1S/C17H24N4O/c1-13-11-14(2)20-17(19-13)18-12-15(16-7-6-10-22-16)21-8-4-3-5-9-21/h6-7,10-11,15H,3-5,8-9,12H2,1-2H3,(H,18,19,20). The average Bonchev–Trinajstić information content (AvgIpc) is 3.02. The van der Waals surface area contributed by atoms with E-state index in [4.69, 9.17) is 4.42 Å². The number of nitrogens with zero attached hydrogens (tertiary/aromatic N) is 3. The van der Waals surface area contributed by atoms with Crippen LogP contribution < -0.4 is 5.32 Å². The Labute approximate surface area is 131 Å². The largest absolute Gasteiger partial charge is 0.468 e. The molecule has 1 aliphatic rings. The summed E-state index contributed by atoms with van der Waals surface area (Å²) in [6, 6.07) is 6.24. The van der Waals surface area contributed by atoms with Crippen molar-refractivity contribution >= 4 is 5.95 Å². The fourth-order valence-corrected chi connectivity index (χ4v) is 3.11. The number of furan rings is 1. The quantitative estimate of drug-likeness (QED) is 0.918. The Morgan fingerprint density at radius 1 is 1.18 bits per heavy atom. The number of hydrogen-bond acceptors (Lipinski definition) is 5. The molecule has 0 amide bonds. The molecule has 0 spiro atoms. The van der Waals surface area contributed by atoms with Gasteiger partial charge in [0.1, 0.15) is 5.76 Å². The van der Waals surface area contributed by atoms with Gasteiger partial charge in [-0.05, 0) is 58.0 Å². The first kappa shape index (κ1) is 15.0. The molecule has 22 heavy (non-hydrogen) atoms. The van der Waals surface area contributed by atoms with Crippen molar-refractivity contribution < 1.29 is 4.42 Å². The van der Waals surface area contributed by atoms with Crippen molar-refractivity contribution in [1.82, 2.24) is 14.9 Å². The second kappa shape index (κ2) is 6.92. The predicted molar refractivity (Wildman–Crippen MR) is 86.9 cm³/mol. The van der Waals surface area contributed by atoms with Crippen LogP contribution in [-0.4, -0.2) is 34.5 Å². The first-order valence-electron chi connectivity index (χ1n) is 8.06. The first-order valence-corrected chi connectivity index (χ1v) is 8.06. The third kappa shape index (κ3) is 3.65. The molecule has 3 heterocycles. The van der Waals surface area contributed by atoms with Crippen molar-refractivity contribution in [2.45, 2.75) is 39.2 Å². The molecule has 5 nitrogen and oxygen atoms in total. The van der Waals surface area contributed by atoms with E-state index in [-0.39, 0.29) is 6.04 Å². The number of piperidine rings is 1. The van der Waals surface area contributed by atoms with Crippen molar-refractivity contribution in [2.24, 2.45) is 0 Å². The van der Waals surface area contributed by atoms with Crippen molar-refractivity contribution in [1.29, 1.82) is 0 Å². The van der Waals surface area contributed by atoms with Crippen LogP contribution in [0.4, 0.5) is 5.95 Å². The highest BCUT2D eigenvalue weighted by Crippen LogP contribution is 2.25. The van der Waals surface area contributed by atoms with Gasteiger partial charge in [0.05, 0.1) is 12.3 Å². The van der Waals surface area contributed by atoms with Gasteiger partial charge in [-0.25, -0.2) is 9.97 Å². The van der Waals surface area contributed by atoms with Crippen LogP contribution in [0.2, 0.25) is 0 Å². The molecular formula is C17H24N4O. The molecule has 2 aromatic rings. The van der Waals surface area contributed by atoms with Gasteiger partial charge < -0.3 is 9.73 Å². The monoisotopic (exact) mass is 300 g/mol. The van der Waals surface area contributed by atoms with Crippen LogP contribution in [0.5, 0.6) is 0 Å². The molecule has 0 aliphatic carbocycles. The second-order valence-electron chi connectivity index (χ2n) is 5.98.